The van der Waals surface area contributed by atoms with Gasteiger partial charge in [-0.3, -0.25) is 0 Å². The SMILES string of the molecule is c1ccc(C2=NC(c3ccc4c(c3)sc3c(-c5ccc6c(c5)oc5cc(-n7c8ccccc8c8ccccc87)ccc56)cccc34)=NC(c3ccccc3)N2)cc1. The number of amidine groups is 2. The molecule has 0 radical (unpaired) electrons. The van der Waals surface area contributed by atoms with Crippen molar-refractivity contribution in [3.05, 3.63) is 199 Å². The van der Waals surface area contributed by atoms with Gasteiger partial charge in [-0.25, -0.2) is 9.98 Å². The second-order valence-corrected chi connectivity index (χ2v) is 15.6. The standard InChI is InChI=1S/C51H32N4OS/c1-3-12-31(13-4-1)49-52-50(32-14-5-2-6-15-32)54-51(53-49)34-23-26-41-42-19-11-18-36(48(42)57-47(41)29-34)33-22-25-39-40-27-24-35(30-46(40)56-45(39)28-33)55-43-20-9-7-16-37(43)38-17-8-10-21-44(38)55/h1-30,49H,(H,52,53,54). The fourth-order valence-electron chi connectivity index (χ4n) is 8.57. The molecule has 1 atom stereocenters. The van der Waals surface area contributed by atoms with Crippen molar-refractivity contribution >= 4 is 86.9 Å². The largest absolute Gasteiger partial charge is 0.456 e. The zero-order valence-corrected chi connectivity index (χ0v) is 31.4. The second kappa shape index (κ2) is 12.6. The van der Waals surface area contributed by atoms with E-state index in [0.29, 0.717) is 0 Å². The van der Waals surface area contributed by atoms with E-state index >= 15 is 0 Å². The van der Waals surface area contributed by atoms with Crippen molar-refractivity contribution in [2.75, 3.05) is 0 Å². The molecule has 11 aromatic rings. The first-order valence-corrected chi connectivity index (χ1v) is 20.0. The third kappa shape index (κ3) is 5.15. The van der Waals surface area contributed by atoms with Gasteiger partial charge in [0.2, 0.25) is 0 Å². The smallest absolute Gasteiger partial charge is 0.159 e. The molecule has 1 unspecified atom stereocenters. The van der Waals surface area contributed by atoms with Gasteiger partial charge in [0.05, 0.1) is 11.0 Å². The highest BCUT2D eigenvalue weighted by Crippen LogP contribution is 2.42. The summed E-state index contributed by atoms with van der Waals surface area (Å²) in [6.07, 6.45) is -0.243. The maximum absolute atomic E-state index is 6.67. The van der Waals surface area contributed by atoms with Crippen LogP contribution in [-0.2, 0) is 0 Å². The Morgan fingerprint density at radius 3 is 1.95 bits per heavy atom. The summed E-state index contributed by atoms with van der Waals surface area (Å²) in [6.45, 7) is 0. The number of fused-ring (bicyclic) bond motifs is 9. The average Bonchev–Trinajstić information content (AvgIpc) is 3.95. The van der Waals surface area contributed by atoms with E-state index in [9.17, 15) is 0 Å². The predicted molar refractivity (Wildman–Crippen MR) is 238 cm³/mol. The summed E-state index contributed by atoms with van der Waals surface area (Å²) in [5, 5.41) is 10.8. The van der Waals surface area contributed by atoms with Crippen LogP contribution in [0.2, 0.25) is 0 Å². The first-order chi connectivity index (χ1) is 28.2. The van der Waals surface area contributed by atoms with E-state index in [1.807, 2.05) is 35.6 Å². The lowest BCUT2D eigenvalue weighted by atomic mass is 10.0. The summed E-state index contributed by atoms with van der Waals surface area (Å²) in [4.78, 5) is 10.2. The van der Waals surface area contributed by atoms with Crippen molar-refractivity contribution in [2.24, 2.45) is 9.98 Å². The van der Waals surface area contributed by atoms with E-state index in [2.05, 4.69) is 168 Å². The number of para-hydroxylation sites is 2. The number of hydrogen-bond acceptors (Lipinski definition) is 5. The van der Waals surface area contributed by atoms with Crippen LogP contribution in [0.5, 0.6) is 0 Å². The molecule has 6 heteroatoms. The molecule has 3 aromatic heterocycles. The summed E-state index contributed by atoms with van der Waals surface area (Å²) < 4.78 is 11.5. The van der Waals surface area contributed by atoms with E-state index in [1.54, 1.807) is 0 Å². The van der Waals surface area contributed by atoms with E-state index in [-0.39, 0.29) is 6.17 Å². The van der Waals surface area contributed by atoms with E-state index in [4.69, 9.17) is 14.4 Å². The highest BCUT2D eigenvalue weighted by molar-refractivity contribution is 7.26. The number of furan rings is 1. The number of rotatable bonds is 5. The van der Waals surface area contributed by atoms with Gasteiger partial charge in [0.1, 0.15) is 23.2 Å². The summed E-state index contributed by atoms with van der Waals surface area (Å²) in [5.41, 5.74) is 10.7. The fraction of sp³-hybridized carbons (Fsp3) is 0.0196. The average molecular weight is 749 g/mol. The molecule has 0 aliphatic carbocycles. The summed E-state index contributed by atoms with van der Waals surface area (Å²) in [7, 11) is 0. The minimum atomic E-state index is -0.243. The Bertz CT molecular complexity index is 3390. The van der Waals surface area contributed by atoms with Gasteiger partial charge < -0.3 is 14.3 Å². The molecule has 1 N–H and O–H groups in total. The van der Waals surface area contributed by atoms with Crippen LogP contribution in [0.1, 0.15) is 22.9 Å². The van der Waals surface area contributed by atoms with Crippen LogP contribution in [0, 0.1) is 0 Å². The van der Waals surface area contributed by atoms with Gasteiger partial charge in [0, 0.05) is 64.6 Å². The third-order valence-electron chi connectivity index (χ3n) is 11.3. The molecule has 0 saturated heterocycles. The van der Waals surface area contributed by atoms with Crippen LogP contribution >= 0.6 is 11.3 Å². The summed E-state index contributed by atoms with van der Waals surface area (Å²) in [6, 6.07) is 64.3. The molecule has 4 heterocycles. The van der Waals surface area contributed by atoms with E-state index < -0.39 is 0 Å². The molecule has 0 fully saturated rings. The number of thiophene rings is 1. The minimum absolute atomic E-state index is 0.243. The molecule has 0 amide bonds. The van der Waals surface area contributed by atoms with E-state index in [0.717, 1.165) is 61.6 Å². The molecule has 1 aliphatic rings. The molecule has 0 spiro atoms. The number of benzene rings is 8. The van der Waals surface area contributed by atoms with Crippen LogP contribution < -0.4 is 5.32 Å². The van der Waals surface area contributed by atoms with Gasteiger partial charge in [0.25, 0.3) is 0 Å². The normalized spacial score (nSPS) is 14.5. The van der Waals surface area contributed by atoms with Crippen molar-refractivity contribution in [2.45, 2.75) is 6.17 Å². The van der Waals surface area contributed by atoms with Gasteiger partial charge in [-0.1, -0.05) is 133 Å². The van der Waals surface area contributed by atoms with Crippen LogP contribution in [0.15, 0.2) is 196 Å². The quantitative estimate of drug-likeness (QED) is 0.191. The predicted octanol–water partition coefficient (Wildman–Crippen LogP) is 13.2. The van der Waals surface area contributed by atoms with Crippen LogP contribution in [0.3, 0.4) is 0 Å². The molecule has 1 aliphatic heterocycles. The van der Waals surface area contributed by atoms with Gasteiger partial charge in [0.15, 0.2) is 5.84 Å². The zero-order chi connectivity index (χ0) is 37.5. The van der Waals surface area contributed by atoms with Crippen molar-refractivity contribution in [3.8, 4) is 16.8 Å². The van der Waals surface area contributed by atoms with Crippen LogP contribution in [0.4, 0.5) is 0 Å². The zero-order valence-electron chi connectivity index (χ0n) is 30.6. The molecular formula is C51H32N4OS. The maximum atomic E-state index is 6.67. The number of hydrogen-bond donors (Lipinski definition) is 1. The first kappa shape index (κ1) is 32.0. The Hall–Kier alpha value is -7.28. The van der Waals surface area contributed by atoms with Crippen LogP contribution in [-0.4, -0.2) is 16.2 Å². The Morgan fingerprint density at radius 1 is 0.509 bits per heavy atom. The minimum Gasteiger partial charge on any atom is -0.456 e. The van der Waals surface area contributed by atoms with Crippen molar-refractivity contribution in [3.63, 3.8) is 0 Å². The maximum Gasteiger partial charge on any atom is 0.159 e. The summed E-state index contributed by atoms with van der Waals surface area (Å²) >= 11 is 1.82. The molecule has 12 rings (SSSR count). The Labute approximate surface area is 331 Å². The van der Waals surface area contributed by atoms with Crippen molar-refractivity contribution < 1.29 is 4.42 Å². The van der Waals surface area contributed by atoms with Gasteiger partial charge in [-0.15, -0.1) is 11.3 Å². The van der Waals surface area contributed by atoms with E-state index in [1.165, 1.54) is 47.5 Å². The molecule has 0 bridgehead atoms. The first-order valence-electron chi connectivity index (χ1n) is 19.2. The number of aliphatic imine (C=N–C) groups is 2. The fourth-order valence-corrected chi connectivity index (χ4v) is 9.84. The van der Waals surface area contributed by atoms with Crippen molar-refractivity contribution in [1.29, 1.82) is 0 Å². The van der Waals surface area contributed by atoms with Gasteiger partial charge in [-0.2, -0.15) is 0 Å². The lowest BCUT2D eigenvalue weighted by Crippen LogP contribution is -2.33. The molecule has 268 valence electrons. The number of nitrogens with zero attached hydrogens (tertiary/aromatic N) is 3. The number of nitrogens with one attached hydrogen (secondary N) is 1. The monoisotopic (exact) mass is 748 g/mol. The lowest BCUT2D eigenvalue weighted by molar-refractivity contribution is 0.669. The van der Waals surface area contributed by atoms with Gasteiger partial charge >= 0.3 is 0 Å². The molecular weight excluding hydrogens is 717 g/mol. The highest BCUT2D eigenvalue weighted by atomic mass is 32.1. The second-order valence-electron chi connectivity index (χ2n) is 14.6. The van der Waals surface area contributed by atoms with Crippen molar-refractivity contribution in [1.82, 2.24) is 9.88 Å². The molecule has 0 saturated carbocycles. The Balaban J connectivity index is 0.943. The Morgan fingerprint density at radius 2 is 1.16 bits per heavy atom. The number of aromatic nitrogens is 1. The third-order valence-corrected chi connectivity index (χ3v) is 12.5. The molecule has 8 aromatic carbocycles. The molecule has 5 nitrogen and oxygen atoms in total. The summed E-state index contributed by atoms with van der Waals surface area (Å²) in [5.74, 6) is 1.54. The lowest BCUT2D eigenvalue weighted by Gasteiger charge is -2.23. The van der Waals surface area contributed by atoms with Gasteiger partial charge in [-0.05, 0) is 59.2 Å². The molecule has 57 heavy (non-hydrogen) atoms. The Kier molecular flexibility index (Phi) is 7.09. The van der Waals surface area contributed by atoms with Crippen LogP contribution in [0.25, 0.3) is 80.7 Å². The topological polar surface area (TPSA) is 54.8 Å². The highest BCUT2D eigenvalue weighted by Gasteiger charge is 2.22.